The predicted octanol–water partition coefficient (Wildman–Crippen LogP) is 2.69. The third-order valence-corrected chi connectivity index (χ3v) is 2.68. The van der Waals surface area contributed by atoms with Gasteiger partial charge in [-0.2, -0.15) is 0 Å². The second kappa shape index (κ2) is 4.53. The highest BCUT2D eigenvalue weighted by atomic mass is 35.5. The Labute approximate surface area is 85.9 Å². The van der Waals surface area contributed by atoms with Gasteiger partial charge in [0.2, 0.25) is 0 Å². The number of hydrogen-bond acceptors (Lipinski definition) is 2. The molecule has 0 spiro atoms. The van der Waals surface area contributed by atoms with Crippen LogP contribution in [0.4, 0.5) is 0 Å². The monoisotopic (exact) mass is 216 g/mol. The Kier molecular flexibility index (Phi) is 3.63. The van der Waals surface area contributed by atoms with Crippen LogP contribution in [0.2, 0.25) is 5.02 Å². The zero-order valence-electron chi connectivity index (χ0n) is 7.08. The van der Waals surface area contributed by atoms with E-state index in [0.717, 1.165) is 4.90 Å². The molecule has 1 aromatic rings. The maximum atomic E-state index is 10.4. The molecule has 70 valence electrons. The van der Waals surface area contributed by atoms with Gasteiger partial charge in [0.05, 0.1) is 6.42 Å². The number of rotatable bonds is 3. The van der Waals surface area contributed by atoms with Gasteiger partial charge in [0.1, 0.15) is 0 Å². The molecule has 0 atom stereocenters. The average molecular weight is 217 g/mol. The molecule has 0 saturated heterocycles. The SMILES string of the molecule is CSc1ccc(CC(=O)O)c(Cl)c1. The van der Waals surface area contributed by atoms with Crippen LogP contribution in [0, 0.1) is 0 Å². The molecule has 0 radical (unpaired) electrons. The van der Waals surface area contributed by atoms with Crippen LogP contribution in [0.5, 0.6) is 0 Å². The molecule has 1 N–H and O–H groups in total. The molecule has 0 saturated carbocycles. The van der Waals surface area contributed by atoms with E-state index in [4.69, 9.17) is 16.7 Å². The van der Waals surface area contributed by atoms with E-state index in [2.05, 4.69) is 0 Å². The number of aliphatic carboxylic acids is 1. The van der Waals surface area contributed by atoms with Crippen LogP contribution in [0.25, 0.3) is 0 Å². The number of hydrogen-bond donors (Lipinski definition) is 1. The highest BCUT2D eigenvalue weighted by Crippen LogP contribution is 2.23. The van der Waals surface area contributed by atoms with Crippen molar-refractivity contribution in [2.75, 3.05) is 6.26 Å². The van der Waals surface area contributed by atoms with E-state index in [0.29, 0.717) is 10.6 Å². The molecule has 1 rings (SSSR count). The zero-order valence-corrected chi connectivity index (χ0v) is 8.65. The Balaban J connectivity index is 2.91. The fourth-order valence-electron chi connectivity index (χ4n) is 0.961. The van der Waals surface area contributed by atoms with E-state index >= 15 is 0 Å². The minimum absolute atomic E-state index is 0.0203. The summed E-state index contributed by atoms with van der Waals surface area (Å²) in [4.78, 5) is 11.5. The van der Waals surface area contributed by atoms with Gasteiger partial charge in [-0.3, -0.25) is 4.79 Å². The number of thioether (sulfide) groups is 1. The van der Waals surface area contributed by atoms with E-state index in [1.807, 2.05) is 12.3 Å². The molecule has 0 aliphatic rings. The molecule has 4 heteroatoms. The first-order valence-electron chi connectivity index (χ1n) is 3.67. The van der Waals surface area contributed by atoms with Crippen molar-refractivity contribution in [3.05, 3.63) is 28.8 Å². The topological polar surface area (TPSA) is 37.3 Å². The standard InChI is InChI=1S/C9H9ClO2S/c1-13-7-3-2-6(4-9(11)12)8(10)5-7/h2-3,5H,4H2,1H3,(H,11,12). The smallest absolute Gasteiger partial charge is 0.307 e. The van der Waals surface area contributed by atoms with Gasteiger partial charge >= 0.3 is 5.97 Å². The summed E-state index contributed by atoms with van der Waals surface area (Å²) in [5.41, 5.74) is 0.659. The van der Waals surface area contributed by atoms with Crippen LogP contribution in [0.1, 0.15) is 5.56 Å². The van der Waals surface area contributed by atoms with Gasteiger partial charge in [-0.15, -0.1) is 11.8 Å². The van der Waals surface area contributed by atoms with Gasteiger partial charge < -0.3 is 5.11 Å². The highest BCUT2D eigenvalue weighted by molar-refractivity contribution is 7.98. The molecule has 0 fully saturated rings. The average Bonchev–Trinajstić information content (AvgIpc) is 2.08. The van der Waals surface area contributed by atoms with Gasteiger partial charge in [0.15, 0.2) is 0 Å². The van der Waals surface area contributed by atoms with Crippen LogP contribution in [-0.2, 0) is 11.2 Å². The van der Waals surface area contributed by atoms with Crippen molar-refractivity contribution in [3.8, 4) is 0 Å². The van der Waals surface area contributed by atoms with Crippen LogP contribution in [-0.4, -0.2) is 17.3 Å². The van der Waals surface area contributed by atoms with Crippen molar-refractivity contribution < 1.29 is 9.90 Å². The number of benzene rings is 1. The number of carboxylic acid groups (broad SMARTS) is 1. The predicted molar refractivity (Wildman–Crippen MR) is 54.6 cm³/mol. The number of carboxylic acids is 1. The summed E-state index contributed by atoms with van der Waals surface area (Å²) in [6.07, 6.45) is 1.93. The molecule has 0 bridgehead atoms. The van der Waals surface area contributed by atoms with E-state index in [1.165, 1.54) is 0 Å². The number of halogens is 1. The normalized spacial score (nSPS) is 10.0. The van der Waals surface area contributed by atoms with E-state index in [9.17, 15) is 4.79 Å². The molecule has 2 nitrogen and oxygen atoms in total. The third-order valence-electron chi connectivity index (χ3n) is 1.60. The molecule has 0 amide bonds. The lowest BCUT2D eigenvalue weighted by molar-refractivity contribution is -0.136. The van der Waals surface area contributed by atoms with Gasteiger partial charge in [0.25, 0.3) is 0 Å². The largest absolute Gasteiger partial charge is 0.481 e. The summed E-state index contributed by atoms with van der Waals surface area (Å²) in [6, 6.07) is 5.40. The summed E-state index contributed by atoms with van der Waals surface area (Å²) in [6.45, 7) is 0. The first-order valence-corrected chi connectivity index (χ1v) is 5.28. The Morgan fingerprint density at radius 1 is 1.62 bits per heavy atom. The van der Waals surface area contributed by atoms with E-state index < -0.39 is 5.97 Å². The van der Waals surface area contributed by atoms with Crippen LogP contribution in [0.3, 0.4) is 0 Å². The van der Waals surface area contributed by atoms with Crippen molar-refractivity contribution in [1.82, 2.24) is 0 Å². The van der Waals surface area contributed by atoms with Crippen LogP contribution in [0.15, 0.2) is 23.1 Å². The fraction of sp³-hybridized carbons (Fsp3) is 0.222. The van der Waals surface area contributed by atoms with E-state index in [-0.39, 0.29) is 6.42 Å². The first kappa shape index (κ1) is 10.4. The molecule has 13 heavy (non-hydrogen) atoms. The quantitative estimate of drug-likeness (QED) is 0.790. The maximum Gasteiger partial charge on any atom is 0.307 e. The number of carbonyl (C=O) groups is 1. The lowest BCUT2D eigenvalue weighted by Crippen LogP contribution is -2.00. The van der Waals surface area contributed by atoms with Crippen LogP contribution >= 0.6 is 23.4 Å². The second-order valence-corrected chi connectivity index (χ2v) is 3.81. The minimum Gasteiger partial charge on any atom is -0.481 e. The molecule has 0 aliphatic carbocycles. The molecular weight excluding hydrogens is 208 g/mol. The summed E-state index contributed by atoms with van der Waals surface area (Å²) >= 11 is 7.45. The van der Waals surface area contributed by atoms with Crippen molar-refractivity contribution in [1.29, 1.82) is 0 Å². The van der Waals surface area contributed by atoms with Crippen molar-refractivity contribution >= 4 is 29.3 Å². The Morgan fingerprint density at radius 2 is 2.31 bits per heavy atom. The van der Waals surface area contributed by atoms with Crippen molar-refractivity contribution in [2.24, 2.45) is 0 Å². The van der Waals surface area contributed by atoms with Crippen LogP contribution < -0.4 is 0 Å². The minimum atomic E-state index is -0.862. The fourth-order valence-corrected chi connectivity index (χ4v) is 1.71. The van der Waals surface area contributed by atoms with Crippen molar-refractivity contribution in [2.45, 2.75) is 11.3 Å². The molecular formula is C9H9ClO2S. The summed E-state index contributed by atoms with van der Waals surface area (Å²) in [7, 11) is 0. The third kappa shape index (κ3) is 2.94. The Morgan fingerprint density at radius 3 is 2.77 bits per heavy atom. The van der Waals surface area contributed by atoms with E-state index in [1.54, 1.807) is 23.9 Å². The first-order chi connectivity index (χ1) is 6.13. The molecule has 0 aromatic heterocycles. The maximum absolute atomic E-state index is 10.4. The summed E-state index contributed by atoms with van der Waals surface area (Å²) < 4.78 is 0. The second-order valence-electron chi connectivity index (χ2n) is 2.53. The van der Waals surface area contributed by atoms with Gasteiger partial charge in [0, 0.05) is 9.92 Å². The summed E-state index contributed by atoms with van der Waals surface area (Å²) in [5, 5.41) is 9.08. The highest BCUT2D eigenvalue weighted by Gasteiger charge is 2.05. The molecule has 0 aliphatic heterocycles. The molecule has 1 aromatic carbocycles. The van der Waals surface area contributed by atoms with Gasteiger partial charge in [-0.05, 0) is 24.0 Å². The zero-order chi connectivity index (χ0) is 9.84. The lowest BCUT2D eigenvalue weighted by Gasteiger charge is -2.02. The lowest BCUT2D eigenvalue weighted by atomic mass is 10.1. The van der Waals surface area contributed by atoms with Gasteiger partial charge in [-0.1, -0.05) is 17.7 Å². The van der Waals surface area contributed by atoms with Crippen molar-refractivity contribution in [3.63, 3.8) is 0 Å². The Hall–Kier alpha value is -0.670. The summed E-state index contributed by atoms with van der Waals surface area (Å²) in [5.74, 6) is -0.862. The Bertz CT molecular complexity index is 325. The molecule has 0 heterocycles. The van der Waals surface area contributed by atoms with Gasteiger partial charge in [-0.25, -0.2) is 0 Å². The molecule has 0 unspecified atom stereocenters.